The largest absolute Gasteiger partial charge is 0.390 e. The molecule has 0 aliphatic carbocycles. The Hall–Kier alpha value is -0.610. The molecule has 90 valence electrons. The second kappa shape index (κ2) is 5.15. The van der Waals surface area contributed by atoms with E-state index in [1.54, 1.807) is 0 Å². The lowest BCUT2D eigenvalue weighted by Gasteiger charge is -2.22. The number of aryl methyl sites for hydroxylation is 2. The maximum Gasteiger partial charge on any atom is 0.0738 e. The summed E-state index contributed by atoms with van der Waals surface area (Å²) in [5.41, 5.74) is 1.28. The van der Waals surface area contributed by atoms with Gasteiger partial charge in [-0.25, -0.2) is 0 Å². The molecule has 0 amide bonds. The van der Waals surface area contributed by atoms with Crippen LogP contribution in [0.15, 0.2) is 17.1 Å². The third-order valence-electron chi connectivity index (χ3n) is 2.70. The molecule has 1 N–H and O–H groups in total. The maximum atomic E-state index is 10.2. The first-order chi connectivity index (χ1) is 7.37. The summed E-state index contributed by atoms with van der Waals surface area (Å²) in [6.07, 6.45) is 3.96. The number of allylic oxidation sites excluding steroid dienone is 1. The number of aromatic nitrogens is 2. The number of aliphatic hydroxyl groups is 1. The first-order valence-corrected chi connectivity index (χ1v) is 6.18. The van der Waals surface area contributed by atoms with Crippen molar-refractivity contribution in [2.75, 3.05) is 0 Å². The van der Waals surface area contributed by atoms with Crippen molar-refractivity contribution in [2.45, 2.75) is 38.7 Å². The fourth-order valence-electron chi connectivity index (χ4n) is 1.73. The van der Waals surface area contributed by atoms with E-state index >= 15 is 0 Å². The molecule has 1 heterocycles. The van der Waals surface area contributed by atoms with E-state index in [1.807, 2.05) is 31.7 Å². The molecular weight excluding hydrogens is 268 g/mol. The zero-order valence-corrected chi connectivity index (χ0v) is 11.7. The van der Waals surface area contributed by atoms with Gasteiger partial charge in [0.25, 0.3) is 0 Å². The molecule has 0 radical (unpaired) electrons. The molecule has 1 rings (SSSR count). The smallest absolute Gasteiger partial charge is 0.0738 e. The highest BCUT2D eigenvalue weighted by Crippen LogP contribution is 2.26. The van der Waals surface area contributed by atoms with Gasteiger partial charge in [-0.1, -0.05) is 6.08 Å². The Labute approximate surface area is 105 Å². The average molecular weight is 287 g/mol. The number of hydrogen-bond acceptors (Lipinski definition) is 2. The van der Waals surface area contributed by atoms with Crippen LogP contribution in [0, 0.1) is 6.92 Å². The van der Waals surface area contributed by atoms with Gasteiger partial charge in [-0.2, -0.15) is 5.10 Å². The fourth-order valence-corrected chi connectivity index (χ4v) is 2.21. The normalized spacial score (nSPS) is 14.8. The highest BCUT2D eigenvalue weighted by atomic mass is 79.9. The van der Waals surface area contributed by atoms with Gasteiger partial charge in [-0.3, -0.25) is 4.68 Å². The zero-order chi connectivity index (χ0) is 12.3. The molecule has 1 unspecified atom stereocenters. The minimum absolute atomic E-state index is 0.596. The minimum Gasteiger partial charge on any atom is -0.390 e. The molecular formula is C12H19BrN2O. The van der Waals surface area contributed by atoms with E-state index in [0.29, 0.717) is 12.8 Å². The summed E-state index contributed by atoms with van der Waals surface area (Å²) in [6.45, 7) is 7.47. The van der Waals surface area contributed by atoms with E-state index in [2.05, 4.69) is 27.6 Å². The molecule has 0 fully saturated rings. The van der Waals surface area contributed by atoms with Crippen molar-refractivity contribution in [1.82, 2.24) is 9.78 Å². The predicted octanol–water partition coefficient (Wildman–Crippen LogP) is 2.75. The molecule has 16 heavy (non-hydrogen) atoms. The van der Waals surface area contributed by atoms with Crippen molar-refractivity contribution in [3.8, 4) is 0 Å². The molecule has 1 aromatic heterocycles. The van der Waals surface area contributed by atoms with Gasteiger partial charge >= 0.3 is 0 Å². The monoisotopic (exact) mass is 286 g/mol. The summed E-state index contributed by atoms with van der Waals surface area (Å²) < 4.78 is 2.82. The van der Waals surface area contributed by atoms with Gasteiger partial charge in [-0.15, -0.1) is 6.58 Å². The van der Waals surface area contributed by atoms with Crippen molar-refractivity contribution < 1.29 is 5.11 Å². The number of hydrogen-bond donors (Lipinski definition) is 1. The highest BCUT2D eigenvalue weighted by Gasteiger charge is 2.24. The van der Waals surface area contributed by atoms with E-state index in [4.69, 9.17) is 0 Å². The van der Waals surface area contributed by atoms with Crippen molar-refractivity contribution in [3.63, 3.8) is 0 Å². The molecule has 0 aromatic carbocycles. The summed E-state index contributed by atoms with van der Waals surface area (Å²) in [5, 5.41) is 14.6. The van der Waals surface area contributed by atoms with Crippen LogP contribution >= 0.6 is 15.9 Å². The molecule has 1 aromatic rings. The van der Waals surface area contributed by atoms with E-state index in [9.17, 15) is 5.11 Å². The molecule has 0 saturated heterocycles. The second-order valence-electron chi connectivity index (χ2n) is 4.47. The van der Waals surface area contributed by atoms with Gasteiger partial charge in [0.1, 0.15) is 0 Å². The maximum absolute atomic E-state index is 10.2. The second-order valence-corrected chi connectivity index (χ2v) is 5.26. The first-order valence-electron chi connectivity index (χ1n) is 5.38. The van der Waals surface area contributed by atoms with E-state index in [-0.39, 0.29) is 0 Å². The van der Waals surface area contributed by atoms with Crippen molar-refractivity contribution in [3.05, 3.63) is 28.5 Å². The number of nitrogens with zero attached hydrogens (tertiary/aromatic N) is 2. The summed E-state index contributed by atoms with van der Waals surface area (Å²) in [7, 11) is 1.90. The standard InChI is InChI=1S/C12H19BrN2O/c1-5-6-7-12(3,16)8-10-11(13)9(2)14-15(10)4/h5,16H,1,6-8H2,2-4H3. The molecule has 1 atom stereocenters. The summed E-state index contributed by atoms with van der Waals surface area (Å²) in [4.78, 5) is 0. The Morgan fingerprint density at radius 3 is 2.69 bits per heavy atom. The molecule has 0 bridgehead atoms. The fraction of sp³-hybridized carbons (Fsp3) is 0.583. The van der Waals surface area contributed by atoms with Crippen LogP contribution in [-0.2, 0) is 13.5 Å². The summed E-state index contributed by atoms with van der Waals surface area (Å²) in [6, 6.07) is 0. The summed E-state index contributed by atoms with van der Waals surface area (Å²) >= 11 is 3.51. The van der Waals surface area contributed by atoms with Gasteiger partial charge in [0.2, 0.25) is 0 Å². The van der Waals surface area contributed by atoms with Crippen LogP contribution in [0.4, 0.5) is 0 Å². The van der Waals surface area contributed by atoms with Crippen LogP contribution in [0.25, 0.3) is 0 Å². The van der Waals surface area contributed by atoms with Crippen molar-refractivity contribution >= 4 is 15.9 Å². The Morgan fingerprint density at radius 2 is 2.25 bits per heavy atom. The van der Waals surface area contributed by atoms with Gasteiger partial charge in [-0.05, 0) is 42.6 Å². The predicted molar refractivity (Wildman–Crippen MR) is 69.4 cm³/mol. The van der Waals surface area contributed by atoms with E-state index in [0.717, 1.165) is 22.3 Å². The van der Waals surface area contributed by atoms with Crippen molar-refractivity contribution in [1.29, 1.82) is 0 Å². The van der Waals surface area contributed by atoms with Gasteiger partial charge in [0.15, 0.2) is 0 Å². The first kappa shape index (κ1) is 13.5. The minimum atomic E-state index is -0.711. The third-order valence-corrected chi connectivity index (χ3v) is 3.73. The third kappa shape index (κ3) is 3.19. The quantitative estimate of drug-likeness (QED) is 0.846. The molecule has 3 nitrogen and oxygen atoms in total. The molecule has 4 heteroatoms. The lowest BCUT2D eigenvalue weighted by Crippen LogP contribution is -2.28. The lowest BCUT2D eigenvalue weighted by molar-refractivity contribution is 0.0503. The van der Waals surface area contributed by atoms with E-state index in [1.165, 1.54) is 0 Å². The van der Waals surface area contributed by atoms with Crippen LogP contribution in [0.3, 0.4) is 0 Å². The van der Waals surface area contributed by atoms with Crippen LogP contribution in [0.2, 0.25) is 0 Å². The van der Waals surface area contributed by atoms with Crippen LogP contribution in [0.1, 0.15) is 31.2 Å². The number of rotatable bonds is 5. The Morgan fingerprint density at radius 1 is 1.62 bits per heavy atom. The Kier molecular flexibility index (Phi) is 4.33. The SMILES string of the molecule is C=CCCC(C)(O)Cc1c(Br)c(C)nn1C. The highest BCUT2D eigenvalue weighted by molar-refractivity contribution is 9.10. The number of halogens is 1. The van der Waals surface area contributed by atoms with Gasteiger partial charge in [0.05, 0.1) is 21.5 Å². The Balaban J connectivity index is 2.82. The molecule has 0 spiro atoms. The molecule has 0 saturated carbocycles. The Bertz CT molecular complexity index is 383. The van der Waals surface area contributed by atoms with Gasteiger partial charge in [0, 0.05) is 13.5 Å². The average Bonchev–Trinajstić information content (AvgIpc) is 2.42. The van der Waals surface area contributed by atoms with E-state index < -0.39 is 5.60 Å². The van der Waals surface area contributed by atoms with Crippen LogP contribution in [-0.4, -0.2) is 20.5 Å². The lowest BCUT2D eigenvalue weighted by atomic mass is 9.94. The zero-order valence-electron chi connectivity index (χ0n) is 10.1. The molecule has 0 aliphatic rings. The summed E-state index contributed by atoms with van der Waals surface area (Å²) in [5.74, 6) is 0. The van der Waals surface area contributed by atoms with Crippen LogP contribution < -0.4 is 0 Å². The van der Waals surface area contributed by atoms with Crippen LogP contribution in [0.5, 0.6) is 0 Å². The van der Waals surface area contributed by atoms with Crippen molar-refractivity contribution in [2.24, 2.45) is 7.05 Å². The molecule has 0 aliphatic heterocycles. The topological polar surface area (TPSA) is 38.1 Å². The van der Waals surface area contributed by atoms with Gasteiger partial charge < -0.3 is 5.11 Å².